The van der Waals surface area contributed by atoms with Crippen LogP contribution in [0.5, 0.6) is 0 Å². The molecule has 0 unspecified atom stereocenters. The van der Waals surface area contributed by atoms with Gasteiger partial charge in [0.15, 0.2) is 0 Å². The van der Waals surface area contributed by atoms with Gasteiger partial charge in [0.1, 0.15) is 0 Å². The van der Waals surface area contributed by atoms with Crippen LogP contribution < -0.4 is 10.0 Å². The molecule has 3 aromatic rings. The van der Waals surface area contributed by atoms with E-state index in [0.717, 1.165) is 6.07 Å². The Labute approximate surface area is 173 Å². The van der Waals surface area contributed by atoms with E-state index >= 15 is 0 Å². The average Bonchev–Trinajstić information content (AvgIpc) is 2.73. The lowest BCUT2D eigenvalue weighted by atomic mass is 10.2. The van der Waals surface area contributed by atoms with Gasteiger partial charge in [-0.15, -0.1) is 0 Å². The number of anilines is 1. The summed E-state index contributed by atoms with van der Waals surface area (Å²) in [4.78, 5) is 26.5. The third-order valence-electron chi connectivity index (χ3n) is 4.24. The Bertz CT molecular complexity index is 1180. The van der Waals surface area contributed by atoms with Crippen LogP contribution in [0.3, 0.4) is 0 Å². The van der Waals surface area contributed by atoms with Gasteiger partial charge >= 0.3 is 0 Å². The summed E-state index contributed by atoms with van der Waals surface area (Å²) in [6.45, 7) is 1.79. The van der Waals surface area contributed by atoms with Crippen LogP contribution in [0.2, 0.25) is 0 Å². The zero-order chi connectivity index (χ0) is 21.7. The van der Waals surface area contributed by atoms with Crippen LogP contribution in [0.1, 0.15) is 21.6 Å². The summed E-state index contributed by atoms with van der Waals surface area (Å²) in [7, 11) is -4.03. The molecule has 0 saturated carbocycles. The minimum absolute atomic E-state index is 0.222. The first-order valence-corrected chi connectivity index (χ1v) is 10.3. The van der Waals surface area contributed by atoms with Crippen LogP contribution >= 0.6 is 0 Å². The molecule has 1 heterocycles. The molecule has 0 radical (unpaired) electrons. The molecule has 0 spiro atoms. The van der Waals surface area contributed by atoms with Crippen molar-refractivity contribution < 1.29 is 18.1 Å². The van der Waals surface area contributed by atoms with Crippen molar-refractivity contribution in [1.82, 2.24) is 10.3 Å². The largest absolute Gasteiger partial charge is 0.346 e. The van der Waals surface area contributed by atoms with Gasteiger partial charge < -0.3 is 5.32 Å². The number of hydrogen-bond acceptors (Lipinski definition) is 6. The molecule has 1 amide bonds. The van der Waals surface area contributed by atoms with Crippen molar-refractivity contribution in [2.75, 3.05) is 4.72 Å². The summed E-state index contributed by atoms with van der Waals surface area (Å²) in [6, 6.07) is 14.9. The highest BCUT2D eigenvalue weighted by Gasteiger charge is 2.20. The number of pyridine rings is 1. The zero-order valence-corrected chi connectivity index (χ0v) is 16.7. The lowest BCUT2D eigenvalue weighted by Gasteiger charge is -2.10. The Morgan fingerprint density at radius 3 is 2.47 bits per heavy atom. The van der Waals surface area contributed by atoms with E-state index in [0.29, 0.717) is 16.8 Å². The fourth-order valence-corrected chi connectivity index (χ4v) is 3.71. The lowest BCUT2D eigenvalue weighted by Crippen LogP contribution is -2.23. The van der Waals surface area contributed by atoms with E-state index in [2.05, 4.69) is 15.0 Å². The number of aromatic nitrogens is 1. The number of hydrogen-bond donors (Lipinski definition) is 2. The van der Waals surface area contributed by atoms with Gasteiger partial charge in [0.25, 0.3) is 21.6 Å². The maximum Gasteiger partial charge on any atom is 0.273 e. The monoisotopic (exact) mass is 426 g/mol. The van der Waals surface area contributed by atoms with Gasteiger partial charge in [-0.25, -0.2) is 8.42 Å². The van der Waals surface area contributed by atoms with E-state index in [-0.39, 0.29) is 28.7 Å². The van der Waals surface area contributed by atoms with E-state index < -0.39 is 14.9 Å². The number of aryl methyl sites for hydroxylation is 1. The highest BCUT2D eigenvalue weighted by Crippen LogP contribution is 2.24. The van der Waals surface area contributed by atoms with E-state index in [9.17, 15) is 23.3 Å². The van der Waals surface area contributed by atoms with Gasteiger partial charge in [-0.05, 0) is 49.4 Å². The summed E-state index contributed by atoms with van der Waals surface area (Å²) in [5.41, 5.74) is 1.36. The van der Waals surface area contributed by atoms with Gasteiger partial charge in [0.05, 0.1) is 22.1 Å². The molecule has 0 aliphatic carbocycles. The molecule has 2 aromatic carbocycles. The number of carbonyl (C=O) groups excluding carboxylic acids is 1. The molecular weight excluding hydrogens is 408 g/mol. The third kappa shape index (κ3) is 4.97. The third-order valence-corrected chi connectivity index (χ3v) is 5.62. The quantitative estimate of drug-likeness (QED) is 0.441. The fourth-order valence-electron chi connectivity index (χ4n) is 2.63. The van der Waals surface area contributed by atoms with Crippen molar-refractivity contribution in [1.29, 1.82) is 0 Å². The lowest BCUT2D eigenvalue weighted by molar-refractivity contribution is -0.385. The Hall–Kier alpha value is -3.79. The number of nitro benzene ring substituents is 1. The van der Waals surface area contributed by atoms with Crippen molar-refractivity contribution in [3.8, 4) is 0 Å². The number of rotatable bonds is 7. The number of nitro groups is 1. The van der Waals surface area contributed by atoms with E-state index in [1.54, 1.807) is 18.3 Å². The molecule has 0 atom stereocenters. The Morgan fingerprint density at radius 2 is 1.83 bits per heavy atom. The molecule has 10 heteroatoms. The first-order valence-electron chi connectivity index (χ1n) is 8.82. The van der Waals surface area contributed by atoms with Crippen molar-refractivity contribution in [3.05, 3.63) is 93.8 Å². The van der Waals surface area contributed by atoms with Crippen molar-refractivity contribution in [2.45, 2.75) is 18.4 Å². The molecule has 1 aromatic heterocycles. The van der Waals surface area contributed by atoms with Crippen molar-refractivity contribution in [3.63, 3.8) is 0 Å². The predicted octanol–water partition coefficient (Wildman–Crippen LogP) is 3.03. The first-order chi connectivity index (χ1) is 14.3. The molecule has 3 rings (SSSR count). The van der Waals surface area contributed by atoms with Gasteiger partial charge in [0, 0.05) is 29.1 Å². The highest BCUT2D eigenvalue weighted by molar-refractivity contribution is 7.92. The summed E-state index contributed by atoms with van der Waals surface area (Å²) < 4.78 is 27.4. The van der Waals surface area contributed by atoms with Gasteiger partial charge in [-0.3, -0.25) is 24.6 Å². The number of sulfonamides is 1. The average molecular weight is 426 g/mol. The molecule has 0 fully saturated rings. The SMILES string of the molecule is Cc1ccc(S(=O)(=O)Nc2ccc(C(=O)NCc3ccccn3)cc2)cc1[N+](=O)[O-]. The van der Waals surface area contributed by atoms with Gasteiger partial charge in [-0.2, -0.15) is 0 Å². The minimum atomic E-state index is -4.03. The molecule has 0 aliphatic heterocycles. The van der Waals surface area contributed by atoms with Crippen LogP contribution in [0.25, 0.3) is 0 Å². The number of carbonyl (C=O) groups is 1. The smallest absolute Gasteiger partial charge is 0.273 e. The first kappa shape index (κ1) is 20.9. The maximum atomic E-state index is 12.5. The van der Waals surface area contributed by atoms with Crippen molar-refractivity contribution in [2.24, 2.45) is 0 Å². The molecule has 154 valence electrons. The normalized spacial score (nSPS) is 11.0. The van der Waals surface area contributed by atoms with Gasteiger partial charge in [0.2, 0.25) is 0 Å². The van der Waals surface area contributed by atoms with Crippen LogP contribution in [0.15, 0.2) is 71.8 Å². The van der Waals surface area contributed by atoms with Gasteiger partial charge in [-0.1, -0.05) is 12.1 Å². The summed E-state index contributed by atoms with van der Waals surface area (Å²) in [5, 5.41) is 13.8. The van der Waals surface area contributed by atoms with Crippen LogP contribution in [-0.2, 0) is 16.6 Å². The van der Waals surface area contributed by atoms with Crippen LogP contribution in [-0.4, -0.2) is 24.2 Å². The topological polar surface area (TPSA) is 131 Å². The van der Waals surface area contributed by atoms with E-state index in [1.807, 2.05) is 6.07 Å². The Balaban J connectivity index is 1.69. The molecule has 0 saturated heterocycles. The van der Waals surface area contributed by atoms with Crippen LogP contribution in [0, 0.1) is 17.0 Å². The molecule has 0 aliphatic rings. The second-order valence-corrected chi connectivity index (χ2v) is 8.07. The number of nitrogens with zero attached hydrogens (tertiary/aromatic N) is 2. The van der Waals surface area contributed by atoms with E-state index in [4.69, 9.17) is 0 Å². The summed E-state index contributed by atoms with van der Waals surface area (Å²) in [5.74, 6) is -0.329. The summed E-state index contributed by atoms with van der Waals surface area (Å²) >= 11 is 0. The molecular formula is C20H18N4O5S. The number of amides is 1. The zero-order valence-electron chi connectivity index (χ0n) is 15.9. The number of benzene rings is 2. The Morgan fingerprint density at radius 1 is 1.10 bits per heavy atom. The Kier molecular flexibility index (Phi) is 6.07. The molecule has 9 nitrogen and oxygen atoms in total. The highest BCUT2D eigenvalue weighted by atomic mass is 32.2. The number of nitrogens with one attached hydrogen (secondary N) is 2. The minimum Gasteiger partial charge on any atom is -0.346 e. The second kappa shape index (κ2) is 8.70. The standard InChI is InChI=1S/C20H18N4O5S/c1-14-5-10-18(12-19(14)24(26)27)30(28,29)23-16-8-6-15(7-9-16)20(25)22-13-17-4-2-3-11-21-17/h2-12,23H,13H2,1H3,(H,22,25). The summed E-state index contributed by atoms with van der Waals surface area (Å²) in [6.07, 6.45) is 1.63. The molecule has 30 heavy (non-hydrogen) atoms. The molecule has 0 bridgehead atoms. The maximum absolute atomic E-state index is 12.5. The predicted molar refractivity (Wildman–Crippen MR) is 110 cm³/mol. The van der Waals surface area contributed by atoms with E-state index in [1.165, 1.54) is 43.3 Å². The molecule has 2 N–H and O–H groups in total. The second-order valence-electron chi connectivity index (χ2n) is 6.39. The van der Waals surface area contributed by atoms with Crippen molar-refractivity contribution >= 4 is 27.3 Å². The fraction of sp³-hybridized carbons (Fsp3) is 0.100. The van der Waals surface area contributed by atoms with Crippen LogP contribution in [0.4, 0.5) is 11.4 Å².